The van der Waals surface area contributed by atoms with Gasteiger partial charge >= 0.3 is 0 Å². The lowest BCUT2D eigenvalue weighted by molar-refractivity contribution is -0.129. The fraction of sp³-hybridized carbons (Fsp3) is 0.667. The average molecular weight is 233 g/mol. The van der Waals surface area contributed by atoms with Gasteiger partial charge in [-0.2, -0.15) is 0 Å². The van der Waals surface area contributed by atoms with Gasteiger partial charge in [-0.05, 0) is 17.4 Å². The topological polar surface area (TPSA) is 20.3 Å². The summed E-state index contributed by atoms with van der Waals surface area (Å²) in [6.07, 6.45) is 4.59. The Hall–Kier alpha value is -1.05. The normalized spacial score (nSPS) is 28.6. The Labute approximate surface area is 104 Å². The maximum Gasteiger partial charge on any atom is 0.230 e. The lowest BCUT2D eigenvalue weighted by Gasteiger charge is -2.27. The highest BCUT2D eigenvalue weighted by Crippen LogP contribution is 2.40. The number of rotatable bonds is 2. The van der Waals surface area contributed by atoms with E-state index in [0.717, 1.165) is 6.54 Å². The Kier molecular flexibility index (Phi) is 3.15. The van der Waals surface area contributed by atoms with Gasteiger partial charge in [-0.25, -0.2) is 0 Å². The first kappa shape index (κ1) is 12.4. The third-order valence-corrected chi connectivity index (χ3v) is 3.99. The van der Waals surface area contributed by atoms with Crippen LogP contribution in [-0.2, 0) is 4.79 Å². The monoisotopic (exact) mass is 233 g/mol. The van der Waals surface area contributed by atoms with Gasteiger partial charge in [0.1, 0.15) is 0 Å². The van der Waals surface area contributed by atoms with E-state index in [1.54, 1.807) is 0 Å². The quantitative estimate of drug-likeness (QED) is 0.718. The predicted molar refractivity (Wildman–Crippen MR) is 70.5 cm³/mol. The van der Waals surface area contributed by atoms with Crippen LogP contribution in [0.2, 0.25) is 0 Å². The van der Waals surface area contributed by atoms with Crippen molar-refractivity contribution in [2.45, 2.75) is 27.7 Å². The number of allylic oxidation sites excluding steroid dienone is 2. The van der Waals surface area contributed by atoms with E-state index >= 15 is 0 Å². The zero-order valence-corrected chi connectivity index (χ0v) is 11.5. The molecule has 1 saturated heterocycles. The van der Waals surface area contributed by atoms with Gasteiger partial charge in [-0.15, -0.1) is 0 Å². The largest absolute Gasteiger partial charge is 0.345 e. The second kappa shape index (κ2) is 4.32. The molecule has 1 aliphatic carbocycles. The second-order valence-electron chi connectivity index (χ2n) is 5.98. The van der Waals surface area contributed by atoms with Gasteiger partial charge in [0.25, 0.3) is 0 Å². The zero-order chi connectivity index (χ0) is 12.7. The number of nitrogens with zero attached hydrogens (tertiary/aromatic N) is 1. The van der Waals surface area contributed by atoms with E-state index < -0.39 is 0 Å². The Morgan fingerprint density at radius 2 is 1.88 bits per heavy atom. The summed E-state index contributed by atoms with van der Waals surface area (Å²) in [5.74, 6) is 1.81. The van der Waals surface area contributed by atoms with Gasteiger partial charge in [0.05, 0.1) is 5.92 Å². The summed E-state index contributed by atoms with van der Waals surface area (Å²) in [5, 5.41) is 0. The molecule has 0 saturated carbocycles. The fourth-order valence-electron chi connectivity index (χ4n) is 2.93. The van der Waals surface area contributed by atoms with Gasteiger partial charge in [0, 0.05) is 19.5 Å². The molecule has 2 aliphatic rings. The Balaban J connectivity index is 2.40. The predicted octanol–water partition coefficient (Wildman–Crippen LogP) is 2.87. The summed E-state index contributed by atoms with van der Waals surface area (Å²) in [4.78, 5) is 14.1. The number of carbonyl (C=O) groups is 1. The van der Waals surface area contributed by atoms with Crippen molar-refractivity contribution in [3.63, 3.8) is 0 Å². The molecule has 0 spiro atoms. The first-order valence-electron chi connectivity index (χ1n) is 6.60. The number of fused-ring (bicyclic) bond motifs is 1. The minimum Gasteiger partial charge on any atom is -0.345 e. The summed E-state index contributed by atoms with van der Waals surface area (Å²) in [7, 11) is 1.92. The van der Waals surface area contributed by atoms with Gasteiger partial charge in [-0.1, -0.05) is 45.4 Å². The highest BCUT2D eigenvalue weighted by molar-refractivity contribution is 5.85. The molecule has 1 aliphatic heterocycles. The Bertz CT molecular complexity index is 390. The summed E-state index contributed by atoms with van der Waals surface area (Å²) < 4.78 is 0. The Morgan fingerprint density at radius 3 is 2.41 bits per heavy atom. The lowest BCUT2D eigenvalue weighted by atomic mass is 9.75. The van der Waals surface area contributed by atoms with Crippen LogP contribution in [0.25, 0.3) is 0 Å². The lowest BCUT2D eigenvalue weighted by Crippen LogP contribution is -2.26. The standard InChI is InChI=1S/C15H23NO/c1-9(2)11-6-12-8-16(5)15(17)14(12)13(7-11)10(3)4/h6-7,9-10,12,14H,8H2,1-5H3. The maximum absolute atomic E-state index is 12.2. The third-order valence-electron chi connectivity index (χ3n) is 3.99. The number of hydrogen-bond donors (Lipinski definition) is 0. The molecular formula is C15H23NO. The van der Waals surface area contributed by atoms with Crippen LogP contribution in [0.3, 0.4) is 0 Å². The molecule has 94 valence electrons. The molecule has 0 aromatic heterocycles. The minimum atomic E-state index is 0.113. The molecule has 0 aromatic rings. The van der Waals surface area contributed by atoms with E-state index in [2.05, 4.69) is 39.8 Å². The van der Waals surface area contributed by atoms with Crippen LogP contribution in [0.1, 0.15) is 27.7 Å². The van der Waals surface area contributed by atoms with Crippen molar-refractivity contribution >= 4 is 5.91 Å². The van der Waals surface area contributed by atoms with Gasteiger partial charge in [0.15, 0.2) is 0 Å². The first-order chi connectivity index (χ1) is 7.91. The molecule has 2 atom stereocenters. The summed E-state index contributed by atoms with van der Waals surface area (Å²) in [6.45, 7) is 9.71. The minimum absolute atomic E-state index is 0.113. The van der Waals surface area contributed by atoms with E-state index in [9.17, 15) is 4.79 Å². The van der Waals surface area contributed by atoms with Crippen molar-refractivity contribution in [3.8, 4) is 0 Å². The zero-order valence-electron chi connectivity index (χ0n) is 11.5. The fourth-order valence-corrected chi connectivity index (χ4v) is 2.93. The van der Waals surface area contributed by atoms with Crippen LogP contribution in [0.5, 0.6) is 0 Å². The summed E-state index contributed by atoms with van der Waals surface area (Å²) in [6, 6.07) is 0. The average Bonchev–Trinajstić information content (AvgIpc) is 2.53. The van der Waals surface area contributed by atoms with E-state index in [0.29, 0.717) is 23.7 Å². The van der Waals surface area contributed by atoms with Crippen molar-refractivity contribution in [1.82, 2.24) is 4.90 Å². The van der Waals surface area contributed by atoms with Gasteiger partial charge in [0.2, 0.25) is 5.91 Å². The molecule has 1 heterocycles. The third kappa shape index (κ3) is 2.05. The van der Waals surface area contributed by atoms with Crippen molar-refractivity contribution in [2.24, 2.45) is 23.7 Å². The Morgan fingerprint density at radius 1 is 1.24 bits per heavy atom. The van der Waals surface area contributed by atoms with Crippen molar-refractivity contribution in [1.29, 1.82) is 0 Å². The smallest absolute Gasteiger partial charge is 0.230 e. The van der Waals surface area contributed by atoms with Crippen molar-refractivity contribution in [3.05, 3.63) is 23.3 Å². The van der Waals surface area contributed by atoms with Crippen LogP contribution >= 0.6 is 0 Å². The van der Waals surface area contributed by atoms with E-state index in [1.807, 2.05) is 11.9 Å². The highest BCUT2D eigenvalue weighted by Gasteiger charge is 2.42. The highest BCUT2D eigenvalue weighted by atomic mass is 16.2. The molecule has 2 unspecified atom stereocenters. The first-order valence-corrected chi connectivity index (χ1v) is 6.60. The van der Waals surface area contributed by atoms with Crippen LogP contribution in [0, 0.1) is 23.7 Å². The molecule has 0 aromatic carbocycles. The van der Waals surface area contributed by atoms with E-state index in [1.165, 1.54) is 11.1 Å². The number of hydrogen-bond acceptors (Lipinski definition) is 1. The SMILES string of the molecule is CC(C)C1=CC2CN(C)C(=O)C2C(C(C)C)=C1. The van der Waals surface area contributed by atoms with Crippen LogP contribution in [0.4, 0.5) is 0 Å². The molecule has 1 fully saturated rings. The second-order valence-corrected chi connectivity index (χ2v) is 5.98. The molecular weight excluding hydrogens is 210 g/mol. The summed E-state index contributed by atoms with van der Waals surface area (Å²) >= 11 is 0. The number of carbonyl (C=O) groups excluding carboxylic acids is 1. The molecule has 1 amide bonds. The van der Waals surface area contributed by atoms with Crippen LogP contribution in [-0.4, -0.2) is 24.4 Å². The molecule has 17 heavy (non-hydrogen) atoms. The van der Waals surface area contributed by atoms with E-state index in [-0.39, 0.29) is 5.92 Å². The number of likely N-dealkylation sites (tertiary alicyclic amines) is 1. The molecule has 2 rings (SSSR count). The molecule has 0 radical (unpaired) electrons. The van der Waals surface area contributed by atoms with Crippen LogP contribution < -0.4 is 0 Å². The molecule has 0 N–H and O–H groups in total. The van der Waals surface area contributed by atoms with Crippen LogP contribution in [0.15, 0.2) is 23.3 Å². The van der Waals surface area contributed by atoms with Gasteiger partial charge < -0.3 is 4.90 Å². The molecule has 2 heteroatoms. The van der Waals surface area contributed by atoms with Crippen molar-refractivity contribution < 1.29 is 4.79 Å². The maximum atomic E-state index is 12.2. The summed E-state index contributed by atoms with van der Waals surface area (Å²) in [5.41, 5.74) is 2.73. The molecule has 2 nitrogen and oxygen atoms in total. The van der Waals surface area contributed by atoms with Gasteiger partial charge in [-0.3, -0.25) is 4.79 Å². The molecule has 0 bridgehead atoms. The van der Waals surface area contributed by atoms with E-state index in [4.69, 9.17) is 0 Å². The van der Waals surface area contributed by atoms with Crippen molar-refractivity contribution in [2.75, 3.05) is 13.6 Å². The number of amides is 1.